The van der Waals surface area contributed by atoms with Crippen LogP contribution >= 0.6 is 15.9 Å². The Bertz CT molecular complexity index is 408. The second-order valence-electron chi connectivity index (χ2n) is 4.12. The van der Waals surface area contributed by atoms with E-state index in [4.69, 9.17) is 0 Å². The van der Waals surface area contributed by atoms with E-state index in [1.807, 2.05) is 18.2 Å². The molecule has 0 fully saturated rings. The summed E-state index contributed by atoms with van der Waals surface area (Å²) < 4.78 is 0.988. The molecule has 1 aliphatic carbocycles. The molecule has 2 rings (SSSR count). The Labute approximate surface area is 104 Å². The molecule has 0 saturated carbocycles. The van der Waals surface area contributed by atoms with Gasteiger partial charge in [0.2, 0.25) is 0 Å². The molecule has 1 aromatic heterocycles. The Hall–Kier alpha value is -0.960. The second-order valence-corrected chi connectivity index (χ2v) is 5.04. The first kappa shape index (κ1) is 11.5. The third kappa shape index (κ3) is 3.27. The SMILES string of the molecule is O=C1C=C(Cc2ccc(Br)cn2)CCCC1. The van der Waals surface area contributed by atoms with Gasteiger partial charge in [-0.2, -0.15) is 0 Å². The van der Waals surface area contributed by atoms with Gasteiger partial charge in [0.25, 0.3) is 0 Å². The highest BCUT2D eigenvalue weighted by Gasteiger charge is 2.09. The predicted octanol–water partition coefficient (Wildman–Crippen LogP) is 3.46. The van der Waals surface area contributed by atoms with Crippen molar-refractivity contribution in [2.75, 3.05) is 0 Å². The number of aromatic nitrogens is 1. The van der Waals surface area contributed by atoms with Crippen molar-refractivity contribution in [3.63, 3.8) is 0 Å². The van der Waals surface area contributed by atoms with Gasteiger partial charge in [-0.3, -0.25) is 9.78 Å². The zero-order valence-electron chi connectivity index (χ0n) is 9.08. The van der Waals surface area contributed by atoms with Crippen LogP contribution in [-0.2, 0) is 11.2 Å². The van der Waals surface area contributed by atoms with Gasteiger partial charge in [-0.25, -0.2) is 0 Å². The molecule has 3 heteroatoms. The van der Waals surface area contributed by atoms with Crippen LogP contribution in [0.1, 0.15) is 31.4 Å². The van der Waals surface area contributed by atoms with Gasteiger partial charge in [-0.1, -0.05) is 5.57 Å². The molecule has 0 aromatic carbocycles. The third-order valence-electron chi connectivity index (χ3n) is 2.73. The molecule has 0 bridgehead atoms. The molecule has 0 saturated heterocycles. The molecule has 0 aliphatic heterocycles. The minimum absolute atomic E-state index is 0.268. The van der Waals surface area contributed by atoms with Crippen molar-refractivity contribution in [2.24, 2.45) is 0 Å². The number of hydrogen-bond donors (Lipinski definition) is 0. The van der Waals surface area contributed by atoms with Crippen molar-refractivity contribution < 1.29 is 4.79 Å². The fourth-order valence-corrected chi connectivity index (χ4v) is 2.14. The number of halogens is 1. The summed E-state index contributed by atoms with van der Waals surface area (Å²) >= 11 is 3.36. The normalized spacial score (nSPS) is 16.8. The third-order valence-corrected chi connectivity index (χ3v) is 3.20. The monoisotopic (exact) mass is 279 g/mol. The molecular formula is C13H14BrNO. The number of nitrogens with zero attached hydrogens (tertiary/aromatic N) is 1. The van der Waals surface area contributed by atoms with Crippen LogP contribution in [0.2, 0.25) is 0 Å². The van der Waals surface area contributed by atoms with Crippen LogP contribution in [0.3, 0.4) is 0 Å². The fourth-order valence-electron chi connectivity index (χ4n) is 1.91. The average Bonchev–Trinajstić information content (AvgIpc) is 2.46. The predicted molar refractivity (Wildman–Crippen MR) is 67.2 cm³/mol. The topological polar surface area (TPSA) is 30.0 Å². The highest BCUT2D eigenvalue weighted by molar-refractivity contribution is 9.10. The summed E-state index contributed by atoms with van der Waals surface area (Å²) in [4.78, 5) is 15.8. The molecule has 84 valence electrons. The van der Waals surface area contributed by atoms with Crippen LogP contribution < -0.4 is 0 Å². The van der Waals surface area contributed by atoms with Crippen LogP contribution in [0.15, 0.2) is 34.5 Å². The zero-order valence-corrected chi connectivity index (χ0v) is 10.7. The van der Waals surface area contributed by atoms with Crippen LogP contribution in [0.5, 0.6) is 0 Å². The maximum absolute atomic E-state index is 11.4. The van der Waals surface area contributed by atoms with Crippen LogP contribution in [-0.4, -0.2) is 10.8 Å². The molecule has 0 spiro atoms. The number of carbonyl (C=O) groups is 1. The molecule has 0 amide bonds. The van der Waals surface area contributed by atoms with Gasteiger partial charge in [0.15, 0.2) is 5.78 Å². The lowest BCUT2D eigenvalue weighted by Gasteiger charge is -2.04. The molecular weight excluding hydrogens is 266 g/mol. The number of carbonyl (C=O) groups excluding carboxylic acids is 1. The lowest BCUT2D eigenvalue weighted by atomic mass is 10.0. The molecule has 1 heterocycles. The molecule has 0 radical (unpaired) electrons. The summed E-state index contributed by atoms with van der Waals surface area (Å²) in [6.07, 6.45) is 8.30. The van der Waals surface area contributed by atoms with E-state index in [-0.39, 0.29) is 5.78 Å². The summed E-state index contributed by atoms with van der Waals surface area (Å²) in [5.74, 6) is 0.268. The smallest absolute Gasteiger partial charge is 0.155 e. The molecule has 0 N–H and O–H groups in total. The summed E-state index contributed by atoms with van der Waals surface area (Å²) in [6.45, 7) is 0. The van der Waals surface area contributed by atoms with E-state index < -0.39 is 0 Å². The van der Waals surface area contributed by atoms with Crippen molar-refractivity contribution in [3.05, 3.63) is 40.1 Å². The van der Waals surface area contributed by atoms with Gasteiger partial charge in [0, 0.05) is 29.2 Å². The summed E-state index contributed by atoms with van der Waals surface area (Å²) in [5.41, 5.74) is 2.25. The van der Waals surface area contributed by atoms with Crippen molar-refractivity contribution in [1.82, 2.24) is 4.98 Å². The largest absolute Gasteiger partial charge is 0.295 e. The Morgan fingerprint density at radius 3 is 2.81 bits per heavy atom. The Kier molecular flexibility index (Phi) is 3.88. The standard InChI is InChI=1S/C13H14BrNO/c14-11-5-6-12(15-9-11)7-10-3-1-2-4-13(16)8-10/h5-6,8-9H,1-4,7H2. The van der Waals surface area contributed by atoms with Crippen LogP contribution in [0.4, 0.5) is 0 Å². The number of hydrogen-bond acceptors (Lipinski definition) is 2. The average molecular weight is 280 g/mol. The Morgan fingerprint density at radius 1 is 1.25 bits per heavy atom. The molecule has 1 aliphatic rings. The van der Waals surface area contributed by atoms with Crippen molar-refractivity contribution in [1.29, 1.82) is 0 Å². The quantitative estimate of drug-likeness (QED) is 0.830. The van der Waals surface area contributed by atoms with Crippen molar-refractivity contribution >= 4 is 21.7 Å². The number of pyridine rings is 1. The van der Waals surface area contributed by atoms with Crippen molar-refractivity contribution in [3.8, 4) is 0 Å². The van der Waals surface area contributed by atoms with Gasteiger partial charge in [0.05, 0.1) is 0 Å². The van der Waals surface area contributed by atoms with E-state index >= 15 is 0 Å². The number of rotatable bonds is 2. The lowest BCUT2D eigenvalue weighted by molar-refractivity contribution is -0.114. The van der Waals surface area contributed by atoms with Crippen LogP contribution in [0.25, 0.3) is 0 Å². The van der Waals surface area contributed by atoms with E-state index in [1.54, 1.807) is 6.20 Å². The van der Waals surface area contributed by atoms with E-state index in [0.29, 0.717) is 6.42 Å². The maximum Gasteiger partial charge on any atom is 0.155 e. The Morgan fingerprint density at radius 2 is 2.06 bits per heavy atom. The molecule has 0 unspecified atom stereocenters. The lowest BCUT2D eigenvalue weighted by Crippen LogP contribution is -1.95. The summed E-state index contributed by atoms with van der Waals surface area (Å²) in [6, 6.07) is 3.99. The van der Waals surface area contributed by atoms with Gasteiger partial charge in [0.1, 0.15) is 0 Å². The zero-order chi connectivity index (χ0) is 11.4. The van der Waals surface area contributed by atoms with Crippen molar-refractivity contribution in [2.45, 2.75) is 32.1 Å². The van der Waals surface area contributed by atoms with Crippen LogP contribution in [0, 0.1) is 0 Å². The summed E-state index contributed by atoms with van der Waals surface area (Å²) in [7, 11) is 0. The maximum atomic E-state index is 11.4. The first-order valence-electron chi connectivity index (χ1n) is 5.57. The van der Waals surface area contributed by atoms with E-state index in [2.05, 4.69) is 20.9 Å². The molecule has 2 nitrogen and oxygen atoms in total. The van der Waals surface area contributed by atoms with Gasteiger partial charge in [-0.05, 0) is 53.4 Å². The van der Waals surface area contributed by atoms with E-state index in [1.165, 1.54) is 5.57 Å². The van der Waals surface area contributed by atoms with Gasteiger partial charge >= 0.3 is 0 Å². The molecule has 16 heavy (non-hydrogen) atoms. The minimum Gasteiger partial charge on any atom is -0.295 e. The summed E-state index contributed by atoms with van der Waals surface area (Å²) in [5, 5.41) is 0. The second kappa shape index (κ2) is 5.39. The van der Waals surface area contributed by atoms with Gasteiger partial charge in [-0.15, -0.1) is 0 Å². The Balaban J connectivity index is 2.08. The minimum atomic E-state index is 0.268. The molecule has 0 atom stereocenters. The first-order chi connectivity index (χ1) is 7.74. The molecule has 1 aromatic rings. The van der Waals surface area contributed by atoms with E-state index in [0.717, 1.165) is 35.8 Å². The number of allylic oxidation sites excluding steroid dienone is 2. The van der Waals surface area contributed by atoms with E-state index in [9.17, 15) is 4.79 Å². The first-order valence-corrected chi connectivity index (χ1v) is 6.36. The van der Waals surface area contributed by atoms with Gasteiger partial charge < -0.3 is 0 Å². The highest BCUT2D eigenvalue weighted by Crippen LogP contribution is 2.19. The number of ketones is 1. The highest BCUT2D eigenvalue weighted by atomic mass is 79.9. The fraction of sp³-hybridized carbons (Fsp3) is 0.385.